The van der Waals surface area contributed by atoms with Crippen LogP contribution < -0.4 is 10.2 Å². The summed E-state index contributed by atoms with van der Waals surface area (Å²) in [5.41, 5.74) is 1.82. The van der Waals surface area contributed by atoms with E-state index in [4.69, 9.17) is 0 Å². The minimum atomic E-state index is -1.25. The van der Waals surface area contributed by atoms with Crippen molar-refractivity contribution in [3.05, 3.63) is 132 Å². The van der Waals surface area contributed by atoms with Crippen LogP contribution in [-0.4, -0.2) is 27.8 Å². The van der Waals surface area contributed by atoms with E-state index in [1.54, 1.807) is 4.90 Å². The minimum absolute atomic E-state index is 0.0518. The number of para-hydroxylation sites is 2. The Labute approximate surface area is 205 Å². The Morgan fingerprint density at radius 1 is 0.743 bits per heavy atom. The Kier molecular flexibility index (Phi) is 6.36. The van der Waals surface area contributed by atoms with Gasteiger partial charge < -0.3 is 15.5 Å². The van der Waals surface area contributed by atoms with Gasteiger partial charge in [0.15, 0.2) is 0 Å². The largest absolute Gasteiger partial charge is 0.386 e. The lowest BCUT2D eigenvalue weighted by molar-refractivity contribution is -0.124. The van der Waals surface area contributed by atoms with E-state index in [1.165, 1.54) is 0 Å². The number of hydrogen-bond acceptors (Lipinski definition) is 4. The molecule has 0 aromatic heterocycles. The molecule has 0 bridgehead atoms. The smallest absolute Gasteiger partial charge is 0.256 e. The van der Waals surface area contributed by atoms with Crippen molar-refractivity contribution in [3.8, 4) is 0 Å². The van der Waals surface area contributed by atoms with Crippen molar-refractivity contribution in [1.29, 1.82) is 0 Å². The lowest BCUT2D eigenvalue weighted by atomic mass is 9.75. The Bertz CT molecular complexity index is 1250. The number of aliphatic hydroxyl groups excluding tert-OH is 2. The van der Waals surface area contributed by atoms with E-state index in [0.717, 1.165) is 11.3 Å². The molecule has 1 aliphatic heterocycles. The normalized spacial score (nSPS) is 21.5. The Morgan fingerprint density at radius 2 is 1.23 bits per heavy atom. The molecule has 0 spiro atoms. The van der Waals surface area contributed by atoms with Crippen molar-refractivity contribution in [3.63, 3.8) is 0 Å². The first kappa shape index (κ1) is 22.8. The number of carbonyl (C=O) groups is 1. The summed E-state index contributed by atoms with van der Waals surface area (Å²) in [4.78, 5) is 15.2. The third-order valence-electron chi connectivity index (χ3n) is 6.76. The number of anilines is 2. The fraction of sp³-hybridized carbons (Fsp3) is 0.167. The molecular formula is C30H28N2O3. The molecule has 176 valence electrons. The van der Waals surface area contributed by atoms with Crippen molar-refractivity contribution in [2.75, 3.05) is 10.2 Å². The van der Waals surface area contributed by atoms with Crippen LogP contribution in [0.25, 0.3) is 0 Å². The maximum atomic E-state index is 13.6. The van der Waals surface area contributed by atoms with Gasteiger partial charge in [0.1, 0.15) is 17.7 Å². The summed E-state index contributed by atoms with van der Waals surface area (Å²) in [6, 6.07) is 37.6. The molecule has 0 saturated carbocycles. The van der Waals surface area contributed by atoms with Crippen LogP contribution >= 0.6 is 0 Å². The lowest BCUT2D eigenvalue weighted by Gasteiger charge is -2.48. The van der Waals surface area contributed by atoms with E-state index in [1.807, 2.05) is 121 Å². The van der Waals surface area contributed by atoms with Crippen molar-refractivity contribution in [2.45, 2.75) is 30.2 Å². The number of nitrogens with one attached hydrogen (secondary N) is 1. The average molecular weight is 465 g/mol. The highest BCUT2D eigenvalue weighted by Crippen LogP contribution is 2.51. The van der Waals surface area contributed by atoms with Crippen LogP contribution in [-0.2, 0) is 4.79 Å². The van der Waals surface area contributed by atoms with Crippen LogP contribution in [0.1, 0.15) is 29.7 Å². The molecule has 1 fully saturated rings. The topological polar surface area (TPSA) is 72.8 Å². The quantitative estimate of drug-likeness (QED) is 0.355. The van der Waals surface area contributed by atoms with Gasteiger partial charge in [0, 0.05) is 17.8 Å². The minimum Gasteiger partial charge on any atom is -0.386 e. The molecular weight excluding hydrogens is 436 g/mol. The Morgan fingerprint density at radius 3 is 1.80 bits per heavy atom. The van der Waals surface area contributed by atoms with Crippen LogP contribution in [0.3, 0.4) is 0 Å². The van der Waals surface area contributed by atoms with E-state index < -0.39 is 29.7 Å². The van der Waals surface area contributed by atoms with Crippen LogP contribution in [0.5, 0.6) is 0 Å². The van der Waals surface area contributed by atoms with Crippen LogP contribution in [0.2, 0.25) is 0 Å². The standard InChI is InChI=1S/C30H28N2O3/c33-26-21-30(28(34)23-15-7-2-8-16-23,32(29(26)35)25-19-11-4-12-20-25)27(22-13-5-1-6-14-22)31-24-17-9-3-10-18-24/h1-20,26-28,31,33-34H,21H2/t26-,27-,28-,30+/m0/s1. The SMILES string of the molecule is O=C1[C@@H](O)C[C@]([C@@H](O)c2ccccc2)([C@@H](Nc2ccccc2)c2ccccc2)N1c1ccccc1. The summed E-state index contributed by atoms with van der Waals surface area (Å²) >= 11 is 0. The van der Waals surface area contributed by atoms with E-state index >= 15 is 0 Å². The molecule has 1 amide bonds. The van der Waals surface area contributed by atoms with E-state index in [0.29, 0.717) is 11.3 Å². The average Bonchev–Trinajstić information content (AvgIpc) is 3.19. The summed E-state index contributed by atoms with van der Waals surface area (Å²) in [6.07, 6.45) is -2.29. The van der Waals surface area contributed by atoms with Gasteiger partial charge in [-0.15, -0.1) is 0 Å². The zero-order valence-electron chi connectivity index (χ0n) is 19.2. The van der Waals surface area contributed by atoms with Crippen LogP contribution in [0.15, 0.2) is 121 Å². The fourth-order valence-corrected chi connectivity index (χ4v) is 5.19. The first-order chi connectivity index (χ1) is 17.1. The van der Waals surface area contributed by atoms with Crippen LogP contribution in [0.4, 0.5) is 11.4 Å². The highest BCUT2D eigenvalue weighted by atomic mass is 16.3. The lowest BCUT2D eigenvalue weighted by Crippen LogP contribution is -2.56. The van der Waals surface area contributed by atoms with E-state index in [9.17, 15) is 15.0 Å². The third-order valence-corrected chi connectivity index (χ3v) is 6.76. The number of carbonyl (C=O) groups excluding carboxylic acids is 1. The fourth-order valence-electron chi connectivity index (χ4n) is 5.19. The number of hydrogen-bond donors (Lipinski definition) is 3. The van der Waals surface area contributed by atoms with Crippen molar-refractivity contribution >= 4 is 17.3 Å². The van der Waals surface area contributed by atoms with Gasteiger partial charge >= 0.3 is 0 Å². The number of benzene rings is 4. The molecule has 5 rings (SSSR count). The molecule has 1 saturated heterocycles. The molecule has 4 atom stereocenters. The third kappa shape index (κ3) is 4.20. The van der Waals surface area contributed by atoms with Crippen molar-refractivity contribution in [1.82, 2.24) is 0 Å². The van der Waals surface area contributed by atoms with Gasteiger partial charge in [-0.2, -0.15) is 0 Å². The zero-order chi connectivity index (χ0) is 24.3. The highest BCUT2D eigenvalue weighted by Gasteiger charge is 2.60. The van der Waals surface area contributed by atoms with E-state index in [-0.39, 0.29) is 6.42 Å². The maximum Gasteiger partial charge on any atom is 0.256 e. The van der Waals surface area contributed by atoms with E-state index in [2.05, 4.69) is 5.32 Å². The molecule has 0 unspecified atom stereocenters. The number of aliphatic hydroxyl groups is 2. The second-order valence-electron chi connectivity index (χ2n) is 8.89. The first-order valence-electron chi connectivity index (χ1n) is 11.8. The van der Waals surface area contributed by atoms with Crippen molar-refractivity contribution in [2.24, 2.45) is 0 Å². The second-order valence-corrected chi connectivity index (χ2v) is 8.89. The summed E-state index contributed by atoms with van der Waals surface area (Å²) < 4.78 is 0. The molecule has 3 N–H and O–H groups in total. The first-order valence-corrected chi connectivity index (χ1v) is 11.8. The predicted molar refractivity (Wildman–Crippen MR) is 138 cm³/mol. The monoisotopic (exact) mass is 464 g/mol. The van der Waals surface area contributed by atoms with Gasteiger partial charge in [-0.3, -0.25) is 9.69 Å². The second kappa shape index (κ2) is 9.74. The van der Waals surface area contributed by atoms with Gasteiger partial charge in [0.25, 0.3) is 5.91 Å². The predicted octanol–water partition coefficient (Wildman–Crippen LogP) is 5.11. The molecule has 5 nitrogen and oxygen atoms in total. The molecule has 5 heteroatoms. The molecule has 35 heavy (non-hydrogen) atoms. The van der Waals surface area contributed by atoms with Gasteiger partial charge in [0.2, 0.25) is 0 Å². The van der Waals surface area contributed by atoms with Gasteiger partial charge in [0.05, 0.1) is 6.04 Å². The number of amides is 1. The summed E-state index contributed by atoms with van der Waals surface area (Å²) in [7, 11) is 0. The van der Waals surface area contributed by atoms with Gasteiger partial charge in [-0.25, -0.2) is 0 Å². The molecule has 4 aromatic carbocycles. The van der Waals surface area contributed by atoms with Gasteiger partial charge in [-0.05, 0) is 35.4 Å². The molecule has 1 aliphatic rings. The molecule has 4 aromatic rings. The summed E-state index contributed by atoms with van der Waals surface area (Å²) in [5, 5.41) is 26.7. The van der Waals surface area contributed by atoms with Crippen LogP contribution in [0, 0.1) is 0 Å². The molecule has 0 radical (unpaired) electrons. The number of rotatable bonds is 7. The zero-order valence-corrected chi connectivity index (χ0v) is 19.2. The number of nitrogens with zero attached hydrogens (tertiary/aromatic N) is 1. The maximum absolute atomic E-state index is 13.6. The van der Waals surface area contributed by atoms with Gasteiger partial charge in [-0.1, -0.05) is 97.1 Å². The Balaban J connectivity index is 1.76. The molecule has 1 heterocycles. The Hall–Kier alpha value is -3.93. The highest BCUT2D eigenvalue weighted by molar-refractivity contribution is 6.01. The van der Waals surface area contributed by atoms with Crippen molar-refractivity contribution < 1.29 is 15.0 Å². The summed E-state index contributed by atoms with van der Waals surface area (Å²) in [6.45, 7) is 0. The molecule has 0 aliphatic carbocycles. The summed E-state index contributed by atoms with van der Waals surface area (Å²) in [5.74, 6) is -0.429.